The molecule has 0 aliphatic heterocycles. The van der Waals surface area contributed by atoms with Crippen LogP contribution in [0.3, 0.4) is 0 Å². The Hall–Kier alpha value is -3.69. The van der Waals surface area contributed by atoms with Crippen molar-refractivity contribution in [1.29, 1.82) is 0 Å². The molecular weight excluding hydrogens is 515 g/mol. The van der Waals surface area contributed by atoms with Gasteiger partial charge >= 0.3 is 6.18 Å². The van der Waals surface area contributed by atoms with Crippen LogP contribution in [0.1, 0.15) is 29.6 Å². The molecule has 0 amide bonds. The van der Waals surface area contributed by atoms with Gasteiger partial charge in [-0.3, -0.25) is 9.69 Å². The topological polar surface area (TPSA) is 67.6 Å². The number of Topliss-reactive ketones (excluding diaryl/α,β-unsaturated/α-hetero) is 1. The standard InChI is InChI=1S/C29H26F3NO4S/c1-21(34)20-38(35,36)27-9-5-8-25(16-27)24-12-10-23(11-13-24)18-33(17-22-6-3-2-4-7-22)19-26-14-15-28(37-26)29(30,31)32/h2-16H,17-20H2,1H3. The predicted molar refractivity (Wildman–Crippen MR) is 138 cm³/mol. The van der Waals surface area contributed by atoms with E-state index in [2.05, 4.69) is 0 Å². The number of ketones is 1. The fourth-order valence-electron chi connectivity index (χ4n) is 4.13. The first kappa shape index (κ1) is 27.3. The first-order valence-electron chi connectivity index (χ1n) is 11.8. The summed E-state index contributed by atoms with van der Waals surface area (Å²) in [7, 11) is -3.72. The van der Waals surface area contributed by atoms with Gasteiger partial charge in [0.2, 0.25) is 5.76 Å². The van der Waals surface area contributed by atoms with E-state index in [1.807, 2.05) is 59.5 Å². The van der Waals surface area contributed by atoms with Crippen molar-refractivity contribution in [3.05, 3.63) is 114 Å². The molecule has 0 atom stereocenters. The summed E-state index contributed by atoms with van der Waals surface area (Å²) in [5, 5.41) is 0. The molecule has 0 fully saturated rings. The number of benzene rings is 3. The Morgan fingerprint density at radius 3 is 2.05 bits per heavy atom. The smallest absolute Gasteiger partial charge is 0.449 e. The summed E-state index contributed by atoms with van der Waals surface area (Å²) >= 11 is 0. The lowest BCUT2D eigenvalue weighted by molar-refractivity contribution is -0.153. The van der Waals surface area contributed by atoms with Crippen LogP contribution in [0.2, 0.25) is 0 Å². The minimum Gasteiger partial charge on any atom is -0.455 e. The second kappa shape index (κ2) is 11.4. The first-order chi connectivity index (χ1) is 18.0. The van der Waals surface area contributed by atoms with Crippen LogP contribution in [0.4, 0.5) is 13.2 Å². The monoisotopic (exact) mass is 541 g/mol. The van der Waals surface area contributed by atoms with E-state index >= 15 is 0 Å². The molecule has 0 bridgehead atoms. The van der Waals surface area contributed by atoms with E-state index in [4.69, 9.17) is 4.42 Å². The highest BCUT2D eigenvalue weighted by atomic mass is 32.2. The summed E-state index contributed by atoms with van der Waals surface area (Å²) in [6, 6.07) is 25.9. The molecule has 4 rings (SSSR count). The van der Waals surface area contributed by atoms with Crippen LogP contribution in [0, 0.1) is 0 Å². The molecular formula is C29H26F3NO4S. The van der Waals surface area contributed by atoms with E-state index in [-0.39, 0.29) is 17.2 Å². The molecule has 0 spiro atoms. The maximum Gasteiger partial charge on any atom is 0.449 e. The minimum absolute atomic E-state index is 0.0833. The van der Waals surface area contributed by atoms with Crippen molar-refractivity contribution in [3.63, 3.8) is 0 Å². The average Bonchev–Trinajstić information content (AvgIpc) is 3.34. The maximum atomic E-state index is 13.0. The highest BCUT2D eigenvalue weighted by Gasteiger charge is 2.34. The van der Waals surface area contributed by atoms with E-state index in [1.165, 1.54) is 19.1 Å². The van der Waals surface area contributed by atoms with E-state index in [0.717, 1.165) is 22.8 Å². The Bertz CT molecular complexity index is 1490. The molecule has 198 valence electrons. The summed E-state index contributed by atoms with van der Waals surface area (Å²) in [6.07, 6.45) is -4.54. The molecule has 0 aliphatic carbocycles. The van der Waals surface area contributed by atoms with Gasteiger partial charge in [-0.2, -0.15) is 13.2 Å². The van der Waals surface area contributed by atoms with E-state index in [9.17, 15) is 26.4 Å². The number of furan rings is 1. The molecule has 38 heavy (non-hydrogen) atoms. The van der Waals surface area contributed by atoms with Crippen molar-refractivity contribution in [2.45, 2.75) is 37.6 Å². The minimum atomic E-state index is -4.54. The average molecular weight is 542 g/mol. The zero-order chi connectivity index (χ0) is 27.3. The van der Waals surface area contributed by atoms with Gasteiger partial charge in [0.25, 0.3) is 0 Å². The number of halogens is 3. The molecule has 9 heteroatoms. The van der Waals surface area contributed by atoms with E-state index < -0.39 is 33.3 Å². The van der Waals surface area contributed by atoms with Crippen molar-refractivity contribution in [3.8, 4) is 11.1 Å². The summed E-state index contributed by atoms with van der Waals surface area (Å²) in [5.74, 6) is -1.78. The SMILES string of the molecule is CC(=O)CS(=O)(=O)c1cccc(-c2ccc(CN(Cc3ccccc3)Cc3ccc(C(F)(F)F)o3)cc2)c1. The van der Waals surface area contributed by atoms with Crippen molar-refractivity contribution in [2.24, 2.45) is 0 Å². The van der Waals surface area contributed by atoms with Crippen molar-refractivity contribution < 1.29 is 30.8 Å². The van der Waals surface area contributed by atoms with Crippen molar-refractivity contribution in [2.75, 3.05) is 5.75 Å². The molecule has 5 nitrogen and oxygen atoms in total. The summed E-state index contributed by atoms with van der Waals surface area (Å²) in [4.78, 5) is 13.4. The summed E-state index contributed by atoms with van der Waals surface area (Å²) in [6.45, 7) is 2.37. The van der Waals surface area contributed by atoms with Crippen LogP contribution in [-0.2, 0) is 40.4 Å². The molecule has 0 unspecified atom stereocenters. The fraction of sp³-hybridized carbons (Fsp3) is 0.207. The van der Waals surface area contributed by atoms with Crippen molar-refractivity contribution in [1.82, 2.24) is 4.90 Å². The van der Waals surface area contributed by atoms with Gasteiger partial charge in [0.15, 0.2) is 9.84 Å². The normalized spacial score (nSPS) is 12.1. The number of carbonyl (C=O) groups is 1. The number of nitrogens with zero attached hydrogens (tertiary/aromatic N) is 1. The third-order valence-corrected chi connectivity index (χ3v) is 7.61. The molecule has 0 aliphatic rings. The first-order valence-corrected chi connectivity index (χ1v) is 13.5. The van der Waals surface area contributed by atoms with Crippen LogP contribution < -0.4 is 0 Å². The lowest BCUT2D eigenvalue weighted by atomic mass is 10.0. The molecule has 1 heterocycles. The van der Waals surface area contributed by atoms with Crippen LogP contribution in [0.15, 0.2) is 100 Å². The Balaban J connectivity index is 1.53. The number of sulfone groups is 1. The third-order valence-electron chi connectivity index (χ3n) is 5.85. The number of carbonyl (C=O) groups excluding carboxylic acids is 1. The van der Waals surface area contributed by atoms with Gasteiger partial charge in [-0.05, 0) is 53.4 Å². The van der Waals surface area contributed by atoms with Gasteiger partial charge in [0.05, 0.1) is 11.4 Å². The van der Waals surface area contributed by atoms with Crippen LogP contribution in [0.25, 0.3) is 11.1 Å². The van der Waals surface area contributed by atoms with Gasteiger partial charge in [0, 0.05) is 13.1 Å². The largest absolute Gasteiger partial charge is 0.455 e. The number of alkyl halides is 3. The zero-order valence-corrected chi connectivity index (χ0v) is 21.4. The number of hydrogen-bond acceptors (Lipinski definition) is 5. The molecule has 3 aromatic carbocycles. The molecule has 4 aromatic rings. The number of hydrogen-bond donors (Lipinski definition) is 0. The second-order valence-electron chi connectivity index (χ2n) is 9.08. The van der Waals surface area contributed by atoms with Crippen LogP contribution in [0.5, 0.6) is 0 Å². The molecule has 0 radical (unpaired) electrons. The Morgan fingerprint density at radius 2 is 1.45 bits per heavy atom. The lowest BCUT2D eigenvalue weighted by Crippen LogP contribution is -2.22. The maximum absolute atomic E-state index is 13.0. The molecule has 0 saturated heterocycles. The summed E-state index contributed by atoms with van der Waals surface area (Å²) in [5.41, 5.74) is 3.42. The van der Waals surface area contributed by atoms with Gasteiger partial charge < -0.3 is 4.42 Å². The Kier molecular flexibility index (Phi) is 8.18. The number of rotatable bonds is 10. The Labute approximate surface area is 219 Å². The molecule has 0 saturated carbocycles. The van der Waals surface area contributed by atoms with Crippen molar-refractivity contribution >= 4 is 15.6 Å². The lowest BCUT2D eigenvalue weighted by Gasteiger charge is -2.22. The summed E-state index contributed by atoms with van der Waals surface area (Å²) < 4.78 is 69.0. The highest BCUT2D eigenvalue weighted by molar-refractivity contribution is 7.92. The fourth-order valence-corrected chi connectivity index (χ4v) is 5.42. The third kappa shape index (κ3) is 7.20. The molecule has 1 aromatic heterocycles. The molecule has 0 N–H and O–H groups in total. The second-order valence-corrected chi connectivity index (χ2v) is 11.1. The van der Waals surface area contributed by atoms with Gasteiger partial charge in [0.1, 0.15) is 17.3 Å². The zero-order valence-electron chi connectivity index (χ0n) is 20.6. The van der Waals surface area contributed by atoms with Crippen LogP contribution >= 0.6 is 0 Å². The Morgan fingerprint density at radius 1 is 0.789 bits per heavy atom. The quantitative estimate of drug-likeness (QED) is 0.228. The van der Waals surface area contributed by atoms with Crippen LogP contribution in [-0.4, -0.2) is 24.9 Å². The van der Waals surface area contributed by atoms with Gasteiger partial charge in [-0.25, -0.2) is 8.42 Å². The van der Waals surface area contributed by atoms with Gasteiger partial charge in [-0.15, -0.1) is 0 Å². The van der Waals surface area contributed by atoms with E-state index in [0.29, 0.717) is 18.7 Å². The van der Waals surface area contributed by atoms with Gasteiger partial charge in [-0.1, -0.05) is 66.7 Å². The predicted octanol–water partition coefficient (Wildman–Crippen LogP) is 6.53. The highest BCUT2D eigenvalue weighted by Crippen LogP contribution is 2.31. The van der Waals surface area contributed by atoms with E-state index in [1.54, 1.807) is 18.2 Å².